The van der Waals surface area contributed by atoms with Gasteiger partial charge in [0.25, 0.3) is 0 Å². The van der Waals surface area contributed by atoms with Gasteiger partial charge in [0, 0.05) is 18.9 Å². The molecule has 0 aliphatic carbocycles. The first-order chi connectivity index (χ1) is 9.20. The molecule has 5 nitrogen and oxygen atoms in total. The van der Waals surface area contributed by atoms with Crippen molar-refractivity contribution in [2.24, 2.45) is 0 Å². The Morgan fingerprint density at radius 2 is 2.26 bits per heavy atom. The molecule has 6 heteroatoms. The van der Waals surface area contributed by atoms with Crippen LogP contribution in [0.15, 0.2) is 24.5 Å². The van der Waals surface area contributed by atoms with Crippen LogP contribution in [0.2, 0.25) is 5.15 Å². The fourth-order valence-electron chi connectivity index (χ4n) is 1.66. The van der Waals surface area contributed by atoms with Crippen LogP contribution < -0.4 is 5.32 Å². The number of rotatable bonds is 5. The molecule has 2 rings (SSSR count). The number of hydrogen-bond acceptors (Lipinski definition) is 5. The van der Waals surface area contributed by atoms with Crippen LogP contribution >= 0.6 is 11.6 Å². The van der Waals surface area contributed by atoms with E-state index in [1.807, 2.05) is 12.1 Å². The Bertz CT molecular complexity index is 574. The average molecular weight is 277 g/mol. The molecule has 98 valence electrons. The van der Waals surface area contributed by atoms with Crippen molar-refractivity contribution in [2.45, 2.75) is 13.3 Å². The van der Waals surface area contributed by atoms with Gasteiger partial charge in [-0.15, -0.1) is 0 Å². The molecule has 0 aromatic carbocycles. The number of anilines is 1. The van der Waals surface area contributed by atoms with Gasteiger partial charge in [0.2, 0.25) is 0 Å². The molecular weight excluding hydrogens is 264 g/mol. The molecule has 0 atom stereocenters. The molecule has 2 aromatic heterocycles. The van der Waals surface area contributed by atoms with Gasteiger partial charge in [-0.05, 0) is 25.0 Å². The lowest BCUT2D eigenvalue weighted by atomic mass is 10.2. The number of aromatic nitrogens is 3. The monoisotopic (exact) mass is 276 g/mol. The highest BCUT2D eigenvalue weighted by Gasteiger charge is 2.10. The summed E-state index contributed by atoms with van der Waals surface area (Å²) in [6.45, 7) is 2.37. The normalized spacial score (nSPS) is 10.2. The van der Waals surface area contributed by atoms with E-state index in [4.69, 9.17) is 11.6 Å². The summed E-state index contributed by atoms with van der Waals surface area (Å²) >= 11 is 5.90. The van der Waals surface area contributed by atoms with Crippen LogP contribution in [0, 0.1) is 6.92 Å². The summed E-state index contributed by atoms with van der Waals surface area (Å²) in [6, 6.07) is 3.88. The van der Waals surface area contributed by atoms with Crippen LogP contribution in [0.3, 0.4) is 0 Å². The fraction of sp³-hybridized carbons (Fsp3) is 0.231. The van der Waals surface area contributed by atoms with Crippen molar-refractivity contribution in [3.8, 4) is 0 Å². The zero-order valence-corrected chi connectivity index (χ0v) is 11.2. The molecule has 0 saturated carbocycles. The highest BCUT2D eigenvalue weighted by Crippen LogP contribution is 2.18. The summed E-state index contributed by atoms with van der Waals surface area (Å²) in [4.78, 5) is 23.1. The smallest absolute Gasteiger partial charge is 0.156 e. The van der Waals surface area contributed by atoms with E-state index in [-0.39, 0.29) is 5.15 Å². The third-order valence-electron chi connectivity index (χ3n) is 2.56. The number of carbonyl (C=O) groups excluding carboxylic acids is 1. The summed E-state index contributed by atoms with van der Waals surface area (Å²) in [5, 5.41) is 3.27. The Morgan fingerprint density at radius 3 is 2.95 bits per heavy atom. The second-order valence-corrected chi connectivity index (χ2v) is 4.34. The summed E-state index contributed by atoms with van der Waals surface area (Å²) in [7, 11) is 0. The number of aldehydes is 1. The third-order valence-corrected chi connectivity index (χ3v) is 2.85. The third kappa shape index (κ3) is 3.48. The summed E-state index contributed by atoms with van der Waals surface area (Å²) in [5.74, 6) is 0.996. The number of nitrogens with zero attached hydrogens (tertiary/aromatic N) is 3. The van der Waals surface area contributed by atoms with Gasteiger partial charge in [-0.1, -0.05) is 17.7 Å². The number of pyridine rings is 1. The maximum Gasteiger partial charge on any atom is 0.156 e. The lowest BCUT2D eigenvalue weighted by molar-refractivity contribution is 0.112. The zero-order chi connectivity index (χ0) is 13.7. The predicted molar refractivity (Wildman–Crippen MR) is 73.6 cm³/mol. The quantitative estimate of drug-likeness (QED) is 0.670. The molecule has 19 heavy (non-hydrogen) atoms. The number of nitrogens with one attached hydrogen (secondary N) is 1. The van der Waals surface area contributed by atoms with Gasteiger partial charge in [-0.2, -0.15) is 0 Å². The molecule has 0 amide bonds. The van der Waals surface area contributed by atoms with E-state index in [2.05, 4.69) is 20.3 Å². The fourth-order valence-corrected chi connectivity index (χ4v) is 1.91. The van der Waals surface area contributed by atoms with Crippen molar-refractivity contribution in [1.29, 1.82) is 0 Å². The average Bonchev–Trinajstić information content (AvgIpc) is 2.39. The molecule has 2 aromatic rings. The predicted octanol–water partition coefficient (Wildman–Crippen LogP) is 2.30. The van der Waals surface area contributed by atoms with Crippen LogP contribution in [-0.2, 0) is 6.42 Å². The molecule has 0 fully saturated rings. The van der Waals surface area contributed by atoms with Gasteiger partial charge in [-0.3, -0.25) is 9.78 Å². The highest BCUT2D eigenvalue weighted by atomic mass is 35.5. The number of hydrogen-bond donors (Lipinski definition) is 1. The lowest BCUT2D eigenvalue weighted by Gasteiger charge is -2.09. The van der Waals surface area contributed by atoms with E-state index in [9.17, 15) is 4.79 Å². The molecule has 0 aliphatic rings. The molecular formula is C13H13ClN4O. The summed E-state index contributed by atoms with van der Waals surface area (Å²) in [5.41, 5.74) is 1.40. The minimum atomic E-state index is 0.173. The van der Waals surface area contributed by atoms with Crippen molar-refractivity contribution in [2.75, 3.05) is 11.9 Å². The Balaban J connectivity index is 2.05. The summed E-state index contributed by atoms with van der Waals surface area (Å²) in [6.07, 6.45) is 4.98. The Kier molecular flexibility index (Phi) is 4.41. The van der Waals surface area contributed by atoms with Crippen LogP contribution in [-0.4, -0.2) is 27.8 Å². The molecule has 0 aliphatic heterocycles. The van der Waals surface area contributed by atoms with Gasteiger partial charge in [-0.25, -0.2) is 9.97 Å². The van der Waals surface area contributed by atoms with Gasteiger partial charge < -0.3 is 5.32 Å². The zero-order valence-electron chi connectivity index (χ0n) is 10.4. The minimum Gasteiger partial charge on any atom is -0.369 e. The first-order valence-corrected chi connectivity index (χ1v) is 6.20. The Morgan fingerprint density at radius 1 is 1.42 bits per heavy atom. The van der Waals surface area contributed by atoms with Crippen molar-refractivity contribution < 1.29 is 4.79 Å². The van der Waals surface area contributed by atoms with Crippen molar-refractivity contribution in [3.05, 3.63) is 46.6 Å². The Labute approximate surface area is 116 Å². The second-order valence-electron chi connectivity index (χ2n) is 3.98. The van der Waals surface area contributed by atoms with Gasteiger partial charge in [0.1, 0.15) is 16.8 Å². The number of aryl methyl sites for hydroxylation is 1. The standard InChI is InChI=1S/C13H13ClN4O/c1-9-17-12(14)11(8-19)13(18-9)16-6-4-10-3-2-5-15-7-10/h2-3,5,7-8H,4,6H2,1H3,(H,16,17,18). The van der Waals surface area contributed by atoms with Crippen LogP contribution in [0.1, 0.15) is 21.7 Å². The van der Waals surface area contributed by atoms with E-state index in [0.717, 1.165) is 12.0 Å². The highest BCUT2D eigenvalue weighted by molar-refractivity contribution is 6.32. The first kappa shape index (κ1) is 13.4. The maximum atomic E-state index is 11.0. The number of carbonyl (C=O) groups is 1. The largest absolute Gasteiger partial charge is 0.369 e. The van der Waals surface area contributed by atoms with Crippen LogP contribution in [0.5, 0.6) is 0 Å². The molecule has 0 radical (unpaired) electrons. The Hall–Kier alpha value is -2.01. The van der Waals surface area contributed by atoms with E-state index in [0.29, 0.717) is 30.0 Å². The van der Waals surface area contributed by atoms with Crippen molar-refractivity contribution in [3.63, 3.8) is 0 Å². The van der Waals surface area contributed by atoms with Gasteiger partial charge >= 0.3 is 0 Å². The molecule has 0 bridgehead atoms. The molecule has 0 saturated heterocycles. The SMILES string of the molecule is Cc1nc(Cl)c(C=O)c(NCCc2cccnc2)n1. The van der Waals surface area contributed by atoms with E-state index < -0.39 is 0 Å². The van der Waals surface area contributed by atoms with Crippen LogP contribution in [0.4, 0.5) is 5.82 Å². The van der Waals surface area contributed by atoms with E-state index in [1.54, 1.807) is 19.3 Å². The van der Waals surface area contributed by atoms with Gasteiger partial charge in [0.15, 0.2) is 6.29 Å². The van der Waals surface area contributed by atoms with Crippen LogP contribution in [0.25, 0.3) is 0 Å². The van der Waals surface area contributed by atoms with E-state index >= 15 is 0 Å². The van der Waals surface area contributed by atoms with Crippen molar-refractivity contribution >= 4 is 23.7 Å². The maximum absolute atomic E-state index is 11.0. The number of halogens is 1. The lowest BCUT2D eigenvalue weighted by Crippen LogP contribution is -2.10. The molecule has 0 spiro atoms. The molecule has 0 unspecified atom stereocenters. The topological polar surface area (TPSA) is 67.8 Å². The molecule has 1 N–H and O–H groups in total. The molecule has 2 heterocycles. The first-order valence-electron chi connectivity index (χ1n) is 5.83. The minimum absolute atomic E-state index is 0.173. The van der Waals surface area contributed by atoms with Gasteiger partial charge in [0.05, 0.1) is 5.56 Å². The van der Waals surface area contributed by atoms with E-state index in [1.165, 1.54) is 0 Å². The van der Waals surface area contributed by atoms with Crippen molar-refractivity contribution in [1.82, 2.24) is 15.0 Å². The summed E-state index contributed by atoms with van der Waals surface area (Å²) < 4.78 is 0. The second kappa shape index (κ2) is 6.24.